The van der Waals surface area contributed by atoms with E-state index in [2.05, 4.69) is 31.3 Å². The molecule has 1 N–H and O–H groups in total. The summed E-state index contributed by atoms with van der Waals surface area (Å²) in [6.45, 7) is 5.15. The zero-order valence-corrected chi connectivity index (χ0v) is 15.4. The molecule has 0 spiro atoms. The Labute approximate surface area is 152 Å². The Morgan fingerprint density at radius 2 is 1.72 bits per heavy atom. The highest BCUT2D eigenvalue weighted by Gasteiger charge is 2.29. The van der Waals surface area contributed by atoms with Gasteiger partial charge in [0.25, 0.3) is 0 Å². The summed E-state index contributed by atoms with van der Waals surface area (Å²) in [6, 6.07) is 11.6. The van der Waals surface area contributed by atoms with Crippen LogP contribution in [0.5, 0.6) is 0 Å². The van der Waals surface area contributed by atoms with Gasteiger partial charge in [0.1, 0.15) is 0 Å². The third kappa shape index (κ3) is 5.70. The fourth-order valence-corrected chi connectivity index (χ4v) is 3.46. The molecule has 0 radical (unpaired) electrons. The Morgan fingerprint density at radius 1 is 1.00 bits per heavy atom. The van der Waals surface area contributed by atoms with Crippen molar-refractivity contribution in [1.82, 2.24) is 0 Å². The second-order valence-corrected chi connectivity index (χ2v) is 7.17. The lowest BCUT2D eigenvalue weighted by Gasteiger charge is -2.16. The monoisotopic (exact) mass is 367 g/mol. The van der Waals surface area contributed by atoms with Gasteiger partial charge in [-0.05, 0) is 47.6 Å². The molecular weight excluding hydrogens is 343 g/mol. The lowest BCUT2D eigenvalue weighted by Crippen LogP contribution is -2.06. The molecule has 2 aromatic carbocycles. The van der Waals surface area contributed by atoms with Crippen LogP contribution in [0.4, 0.5) is 18.9 Å². The Hall–Kier alpha value is -1.62. The average Bonchev–Trinajstić information content (AvgIpc) is 2.57. The van der Waals surface area contributed by atoms with Gasteiger partial charge in [-0.1, -0.05) is 38.5 Å². The largest absolute Gasteiger partial charge is 0.416 e. The van der Waals surface area contributed by atoms with E-state index in [9.17, 15) is 13.2 Å². The molecule has 0 fully saturated rings. The average molecular weight is 367 g/mol. The van der Waals surface area contributed by atoms with Crippen molar-refractivity contribution in [3.63, 3.8) is 0 Å². The summed E-state index contributed by atoms with van der Waals surface area (Å²) in [5.41, 5.74) is 2.52. The molecule has 2 rings (SSSR count). The first-order valence-electron chi connectivity index (χ1n) is 8.60. The van der Waals surface area contributed by atoms with Gasteiger partial charge in [0.05, 0.1) is 5.56 Å². The van der Waals surface area contributed by atoms with E-state index in [4.69, 9.17) is 0 Å². The lowest BCUT2D eigenvalue weighted by atomic mass is 10.0. The number of halogens is 3. The summed E-state index contributed by atoms with van der Waals surface area (Å²) in [7, 11) is 0. The van der Waals surface area contributed by atoms with E-state index < -0.39 is 11.7 Å². The van der Waals surface area contributed by atoms with Crippen molar-refractivity contribution in [2.24, 2.45) is 0 Å². The molecular formula is C20H24F3NS. The van der Waals surface area contributed by atoms with Crippen LogP contribution in [-0.2, 0) is 12.6 Å². The van der Waals surface area contributed by atoms with Crippen molar-refractivity contribution < 1.29 is 13.2 Å². The number of hydrogen-bond acceptors (Lipinski definition) is 2. The molecule has 2 aromatic rings. The fourth-order valence-electron chi connectivity index (χ4n) is 2.62. The summed E-state index contributed by atoms with van der Waals surface area (Å²) < 4.78 is 38.2. The van der Waals surface area contributed by atoms with Gasteiger partial charge in [-0.15, -0.1) is 11.8 Å². The molecule has 1 nitrogen and oxygen atoms in total. The van der Waals surface area contributed by atoms with Crippen molar-refractivity contribution in [2.45, 2.75) is 44.2 Å². The summed E-state index contributed by atoms with van der Waals surface area (Å²) in [5.74, 6) is 0.957. The fraction of sp³-hybridized carbons (Fsp3) is 0.400. The zero-order valence-electron chi connectivity index (χ0n) is 14.6. The Bertz CT molecular complexity index is 666. The first-order chi connectivity index (χ1) is 12.0. The molecule has 0 aromatic heterocycles. The second-order valence-electron chi connectivity index (χ2n) is 5.87. The van der Waals surface area contributed by atoms with E-state index in [1.807, 2.05) is 6.07 Å². The van der Waals surface area contributed by atoms with Crippen LogP contribution in [0.2, 0.25) is 0 Å². The normalized spacial score (nSPS) is 11.6. The first-order valence-corrected chi connectivity index (χ1v) is 9.59. The van der Waals surface area contributed by atoms with Crippen LogP contribution >= 0.6 is 11.8 Å². The summed E-state index contributed by atoms with van der Waals surface area (Å²) >= 11 is 1.76. The van der Waals surface area contributed by atoms with Gasteiger partial charge in [-0.2, -0.15) is 13.2 Å². The van der Waals surface area contributed by atoms with Crippen LogP contribution in [0, 0.1) is 0 Å². The lowest BCUT2D eigenvalue weighted by molar-refractivity contribution is -0.137. The molecule has 0 aliphatic rings. The number of alkyl halides is 3. The maximum atomic E-state index is 12.7. The molecule has 0 atom stereocenters. The highest BCUT2D eigenvalue weighted by molar-refractivity contribution is 7.99. The number of benzene rings is 2. The Balaban J connectivity index is 2.26. The molecule has 0 saturated heterocycles. The van der Waals surface area contributed by atoms with E-state index in [1.54, 1.807) is 23.9 Å². The van der Waals surface area contributed by atoms with E-state index in [0.29, 0.717) is 6.42 Å². The minimum Gasteiger partial charge on any atom is -0.385 e. The first kappa shape index (κ1) is 19.7. The van der Waals surface area contributed by atoms with Crippen LogP contribution in [0.15, 0.2) is 47.4 Å². The molecule has 0 heterocycles. The molecule has 5 heteroatoms. The Kier molecular flexibility index (Phi) is 7.24. The van der Waals surface area contributed by atoms with Crippen molar-refractivity contribution in [3.8, 4) is 0 Å². The SMILES string of the molecule is CCCCNc1cccc(SCC)c1Cc1ccc(C(F)(F)F)cc1. The maximum absolute atomic E-state index is 12.7. The molecule has 0 aliphatic heterocycles. The van der Waals surface area contributed by atoms with E-state index >= 15 is 0 Å². The predicted octanol–water partition coefficient (Wildman–Crippen LogP) is 6.62. The molecule has 25 heavy (non-hydrogen) atoms. The van der Waals surface area contributed by atoms with Crippen LogP contribution in [-0.4, -0.2) is 12.3 Å². The number of anilines is 1. The number of thioether (sulfide) groups is 1. The van der Waals surface area contributed by atoms with E-state index in [1.165, 1.54) is 4.90 Å². The summed E-state index contributed by atoms with van der Waals surface area (Å²) in [4.78, 5) is 1.18. The molecule has 0 unspecified atom stereocenters. The molecule has 0 saturated carbocycles. The van der Waals surface area contributed by atoms with Crippen LogP contribution in [0.1, 0.15) is 43.4 Å². The maximum Gasteiger partial charge on any atom is 0.416 e. The minimum absolute atomic E-state index is 0.603. The van der Waals surface area contributed by atoms with Crippen molar-refractivity contribution in [3.05, 3.63) is 59.2 Å². The van der Waals surface area contributed by atoms with Crippen LogP contribution in [0.3, 0.4) is 0 Å². The van der Waals surface area contributed by atoms with Gasteiger partial charge in [0, 0.05) is 23.5 Å². The smallest absolute Gasteiger partial charge is 0.385 e. The summed E-state index contributed by atoms with van der Waals surface area (Å²) in [5, 5.41) is 3.48. The highest BCUT2D eigenvalue weighted by atomic mass is 32.2. The standard InChI is InChI=1S/C20H24F3NS/c1-3-5-13-24-18-7-6-8-19(25-4-2)17(18)14-15-9-11-16(12-10-15)20(21,22)23/h6-12,24H,3-5,13-14H2,1-2H3. The predicted molar refractivity (Wildman–Crippen MR) is 100 cm³/mol. The number of unbranched alkanes of at least 4 members (excludes halogenated alkanes) is 1. The van der Waals surface area contributed by atoms with E-state index in [0.717, 1.165) is 54.1 Å². The zero-order chi connectivity index (χ0) is 18.3. The van der Waals surface area contributed by atoms with Gasteiger partial charge in [0.2, 0.25) is 0 Å². The molecule has 0 aliphatic carbocycles. The highest BCUT2D eigenvalue weighted by Crippen LogP contribution is 2.32. The van der Waals surface area contributed by atoms with Gasteiger partial charge >= 0.3 is 6.18 Å². The Morgan fingerprint density at radius 3 is 2.32 bits per heavy atom. The number of hydrogen-bond donors (Lipinski definition) is 1. The van der Waals surface area contributed by atoms with Gasteiger partial charge < -0.3 is 5.32 Å². The van der Waals surface area contributed by atoms with Gasteiger partial charge in [-0.3, -0.25) is 0 Å². The minimum atomic E-state index is -4.29. The van der Waals surface area contributed by atoms with E-state index in [-0.39, 0.29) is 0 Å². The van der Waals surface area contributed by atoms with Crippen LogP contribution < -0.4 is 5.32 Å². The molecule has 136 valence electrons. The van der Waals surface area contributed by atoms with Gasteiger partial charge in [0.15, 0.2) is 0 Å². The summed E-state index contributed by atoms with van der Waals surface area (Å²) in [6.07, 6.45) is -1.47. The van der Waals surface area contributed by atoms with Crippen molar-refractivity contribution in [2.75, 3.05) is 17.6 Å². The molecule has 0 amide bonds. The number of rotatable bonds is 8. The second kappa shape index (κ2) is 9.18. The third-order valence-corrected chi connectivity index (χ3v) is 4.92. The quantitative estimate of drug-likeness (QED) is 0.416. The molecule has 0 bridgehead atoms. The topological polar surface area (TPSA) is 12.0 Å². The van der Waals surface area contributed by atoms with Crippen LogP contribution in [0.25, 0.3) is 0 Å². The number of nitrogens with one attached hydrogen (secondary N) is 1. The van der Waals surface area contributed by atoms with Crippen molar-refractivity contribution >= 4 is 17.4 Å². The third-order valence-electron chi connectivity index (χ3n) is 3.94. The van der Waals surface area contributed by atoms with Crippen molar-refractivity contribution in [1.29, 1.82) is 0 Å². The van der Waals surface area contributed by atoms with Gasteiger partial charge in [-0.25, -0.2) is 0 Å².